The molecule has 0 atom stereocenters. The van der Waals surface area contributed by atoms with E-state index in [1.807, 2.05) is 0 Å². The lowest BCUT2D eigenvalue weighted by atomic mass is 10.1. The summed E-state index contributed by atoms with van der Waals surface area (Å²) in [6.45, 7) is 0. The third-order valence-electron chi connectivity index (χ3n) is 6.42. The van der Waals surface area contributed by atoms with Gasteiger partial charge in [-0.1, -0.05) is 55.3 Å². The molecule has 2 aliphatic carbocycles. The highest BCUT2D eigenvalue weighted by Crippen LogP contribution is 2.75. The Morgan fingerprint density at radius 2 is 1.28 bits per heavy atom. The molecule has 0 bridgehead atoms. The van der Waals surface area contributed by atoms with Crippen LogP contribution in [0.15, 0.2) is 54.6 Å². The van der Waals surface area contributed by atoms with E-state index in [-0.39, 0.29) is 0 Å². The maximum atomic E-state index is 6.74. The molecule has 0 N–H and O–H groups in total. The van der Waals surface area contributed by atoms with E-state index >= 15 is 0 Å². The van der Waals surface area contributed by atoms with Crippen LogP contribution in [-0.4, -0.2) is 11.3 Å². The first-order valence-electron chi connectivity index (χ1n) is 9.83. The van der Waals surface area contributed by atoms with Crippen LogP contribution in [0.25, 0.3) is 11.1 Å². The van der Waals surface area contributed by atoms with Crippen molar-refractivity contribution in [2.75, 3.05) is 0 Å². The van der Waals surface area contributed by atoms with Crippen LogP contribution in [0.3, 0.4) is 0 Å². The zero-order valence-corrected chi connectivity index (χ0v) is 16.6. The summed E-state index contributed by atoms with van der Waals surface area (Å²) >= 11 is 6.74. The van der Waals surface area contributed by atoms with Gasteiger partial charge in [0.15, 0.2) is 0 Å². The third kappa shape index (κ3) is 3.29. The Morgan fingerprint density at radius 1 is 0.720 bits per heavy atom. The Hall–Kier alpha value is -0.840. The van der Waals surface area contributed by atoms with Gasteiger partial charge in [-0.05, 0) is 74.6 Å². The van der Waals surface area contributed by atoms with Gasteiger partial charge in [0.25, 0.3) is 0 Å². The summed E-state index contributed by atoms with van der Waals surface area (Å²) in [5.41, 5.74) is 6.48. The van der Waals surface area contributed by atoms with Crippen molar-refractivity contribution in [3.63, 3.8) is 0 Å². The van der Waals surface area contributed by atoms with Crippen molar-refractivity contribution in [2.24, 2.45) is 0 Å². The summed E-state index contributed by atoms with van der Waals surface area (Å²) in [7, 11) is -1.43. The van der Waals surface area contributed by atoms with Gasteiger partial charge in [0.05, 0.1) is 5.30 Å². The molecule has 0 unspecified atom stereocenters. The van der Waals surface area contributed by atoms with Crippen LogP contribution in [0.1, 0.15) is 51.4 Å². The predicted octanol–water partition coefficient (Wildman–Crippen LogP) is 7.24. The number of halogens is 1. The Balaban J connectivity index is 1.79. The van der Waals surface area contributed by atoms with Crippen LogP contribution in [0.2, 0.25) is 0 Å². The van der Waals surface area contributed by atoms with Gasteiger partial charge in [-0.25, -0.2) is 0 Å². The van der Waals surface area contributed by atoms with Gasteiger partial charge in [0, 0.05) is 11.3 Å². The Kier molecular flexibility index (Phi) is 5.49. The molecule has 2 fully saturated rings. The second-order valence-electron chi connectivity index (χ2n) is 7.73. The Labute approximate surface area is 158 Å². The second-order valence-corrected chi connectivity index (χ2v) is 12.2. The molecule has 0 amide bonds. The van der Waals surface area contributed by atoms with E-state index in [4.69, 9.17) is 11.6 Å². The van der Waals surface area contributed by atoms with Crippen molar-refractivity contribution < 1.29 is 0 Å². The molecule has 2 aromatic rings. The molecule has 0 spiro atoms. The lowest BCUT2D eigenvalue weighted by Gasteiger charge is -2.44. The summed E-state index contributed by atoms with van der Waals surface area (Å²) in [5.74, 6) is 0. The highest BCUT2D eigenvalue weighted by molar-refractivity contribution is 7.87. The van der Waals surface area contributed by atoms with Gasteiger partial charge in [0.2, 0.25) is 0 Å². The van der Waals surface area contributed by atoms with Gasteiger partial charge in [-0.2, -0.15) is 0 Å². The lowest BCUT2D eigenvalue weighted by Crippen LogP contribution is -2.29. The molecule has 0 nitrogen and oxygen atoms in total. The standard InChI is InChI=1S/C23H28ClP/c24-18-25(21-12-4-5-13-21,22-14-6-7-15-22)23-16-8-11-20(17-23)19-9-2-1-3-10-19/h1-3,8-11,16-18,21-22H,4-7,12-15H2. The molecule has 2 aliphatic rings. The number of hydrogen-bond acceptors (Lipinski definition) is 0. The van der Waals surface area contributed by atoms with Crippen molar-refractivity contribution in [3.05, 3.63) is 60.2 Å². The average molecular weight is 371 g/mol. The second kappa shape index (κ2) is 7.81. The maximum Gasteiger partial charge on any atom is 0.0670 e. The van der Waals surface area contributed by atoms with E-state index in [9.17, 15) is 0 Å². The molecule has 2 aromatic carbocycles. The zero-order valence-electron chi connectivity index (χ0n) is 14.9. The molecule has 0 saturated heterocycles. The van der Waals surface area contributed by atoms with Crippen molar-refractivity contribution in [1.82, 2.24) is 0 Å². The molecular formula is C23H28ClP. The van der Waals surface area contributed by atoms with Crippen molar-refractivity contribution in [1.29, 1.82) is 0 Å². The quantitative estimate of drug-likeness (QED) is 0.384. The first-order valence-corrected chi connectivity index (χ1v) is 12.3. The average Bonchev–Trinajstić information content (AvgIpc) is 3.39. The van der Waals surface area contributed by atoms with Crippen LogP contribution in [0, 0.1) is 5.62 Å². The fourth-order valence-electron chi connectivity index (χ4n) is 5.16. The molecule has 132 valence electrons. The highest BCUT2D eigenvalue weighted by atomic mass is 35.5. The largest absolute Gasteiger partial charge is 0.304 e. The molecular weight excluding hydrogens is 343 g/mol. The molecule has 0 aromatic heterocycles. The number of hydrogen-bond donors (Lipinski definition) is 0. The van der Waals surface area contributed by atoms with E-state index in [2.05, 4.69) is 60.2 Å². The molecule has 2 heteroatoms. The molecule has 0 aliphatic heterocycles. The van der Waals surface area contributed by atoms with Crippen LogP contribution >= 0.6 is 18.9 Å². The number of rotatable bonds is 5. The first kappa shape index (κ1) is 17.6. The highest BCUT2D eigenvalue weighted by Gasteiger charge is 2.48. The SMILES string of the molecule is Cl[CH-][P+](c1cccc(-c2ccccc2)c1)(C1CCCC1)C1CCCC1. The van der Waals surface area contributed by atoms with E-state index in [1.54, 1.807) is 5.30 Å². The maximum absolute atomic E-state index is 6.74. The van der Waals surface area contributed by atoms with E-state index in [1.165, 1.54) is 62.5 Å². The van der Waals surface area contributed by atoms with Crippen LogP contribution in [-0.2, 0) is 0 Å². The smallest absolute Gasteiger partial charge is 0.0670 e. The molecule has 2 saturated carbocycles. The molecule has 25 heavy (non-hydrogen) atoms. The lowest BCUT2D eigenvalue weighted by molar-refractivity contribution is 0.823. The normalized spacial score (nSPS) is 19.6. The predicted molar refractivity (Wildman–Crippen MR) is 113 cm³/mol. The van der Waals surface area contributed by atoms with E-state index in [0.717, 1.165) is 11.3 Å². The zero-order chi connectivity index (χ0) is 17.1. The first-order chi connectivity index (χ1) is 12.3. The van der Waals surface area contributed by atoms with Gasteiger partial charge >= 0.3 is 0 Å². The van der Waals surface area contributed by atoms with E-state index < -0.39 is 7.26 Å². The van der Waals surface area contributed by atoms with Crippen molar-refractivity contribution in [3.8, 4) is 11.1 Å². The van der Waals surface area contributed by atoms with Gasteiger partial charge < -0.3 is 11.6 Å². The van der Waals surface area contributed by atoms with Crippen LogP contribution in [0.4, 0.5) is 0 Å². The van der Waals surface area contributed by atoms with E-state index in [0.29, 0.717) is 0 Å². The summed E-state index contributed by atoms with van der Waals surface area (Å²) < 4.78 is 0. The topological polar surface area (TPSA) is 0 Å². The van der Waals surface area contributed by atoms with Crippen LogP contribution < -0.4 is 5.30 Å². The third-order valence-corrected chi connectivity index (χ3v) is 12.3. The summed E-state index contributed by atoms with van der Waals surface area (Å²) in [6.07, 6.45) is 11.1. The van der Waals surface area contributed by atoms with Crippen molar-refractivity contribution in [2.45, 2.75) is 62.7 Å². The van der Waals surface area contributed by atoms with Gasteiger partial charge in [-0.15, -0.1) is 0 Å². The summed E-state index contributed by atoms with van der Waals surface area (Å²) in [5, 5.41) is 1.56. The minimum Gasteiger partial charge on any atom is -0.304 e. The molecule has 4 rings (SSSR count). The Bertz CT molecular complexity index is 668. The minimum atomic E-state index is -1.43. The fourth-order valence-corrected chi connectivity index (χ4v) is 11.5. The minimum absolute atomic E-state index is 0.819. The summed E-state index contributed by atoms with van der Waals surface area (Å²) in [4.78, 5) is 0. The molecule has 0 heterocycles. The molecule has 0 radical (unpaired) electrons. The monoisotopic (exact) mass is 370 g/mol. The Morgan fingerprint density at radius 3 is 1.84 bits per heavy atom. The fraction of sp³-hybridized carbons (Fsp3) is 0.435. The van der Waals surface area contributed by atoms with Crippen LogP contribution in [0.5, 0.6) is 0 Å². The van der Waals surface area contributed by atoms with Gasteiger partial charge in [0.1, 0.15) is 0 Å². The summed E-state index contributed by atoms with van der Waals surface area (Å²) in [6, 6.07) is 20.2. The number of benzene rings is 2. The van der Waals surface area contributed by atoms with Gasteiger partial charge in [-0.3, -0.25) is 0 Å². The van der Waals surface area contributed by atoms with Crippen molar-refractivity contribution >= 4 is 24.2 Å².